The lowest BCUT2D eigenvalue weighted by Crippen LogP contribution is -2.38. The van der Waals surface area contributed by atoms with Gasteiger partial charge in [-0.2, -0.15) is 0 Å². The molecule has 2 heterocycles. The fraction of sp³-hybridized carbons (Fsp3) is 0.688. The number of amides is 1. The lowest BCUT2D eigenvalue weighted by molar-refractivity contribution is -0.121. The Bertz CT molecular complexity index is 383. The van der Waals surface area contributed by atoms with Gasteiger partial charge in [0.2, 0.25) is 5.91 Å². The summed E-state index contributed by atoms with van der Waals surface area (Å²) in [5.41, 5.74) is 0. The number of hydrogen-bond acceptors (Lipinski definition) is 3. The van der Waals surface area contributed by atoms with Crippen LogP contribution in [0.4, 0.5) is 0 Å². The largest absolute Gasteiger partial charge is 0.354 e. The summed E-state index contributed by atoms with van der Waals surface area (Å²) in [6.07, 6.45) is 6.80. The average Bonchev–Trinajstić information content (AvgIpc) is 2.83. The topological polar surface area (TPSA) is 32.3 Å². The van der Waals surface area contributed by atoms with E-state index in [0.717, 1.165) is 26.1 Å². The van der Waals surface area contributed by atoms with Crippen molar-refractivity contribution in [3.63, 3.8) is 0 Å². The summed E-state index contributed by atoms with van der Waals surface area (Å²) >= 11 is 1.80. The minimum atomic E-state index is 0.184. The van der Waals surface area contributed by atoms with Crippen molar-refractivity contribution in [1.29, 1.82) is 0 Å². The van der Waals surface area contributed by atoms with Gasteiger partial charge in [0.15, 0.2) is 0 Å². The van der Waals surface area contributed by atoms with Gasteiger partial charge in [0.1, 0.15) is 0 Å². The van der Waals surface area contributed by atoms with Crippen LogP contribution in [0.5, 0.6) is 0 Å². The van der Waals surface area contributed by atoms with Gasteiger partial charge < -0.3 is 5.32 Å². The summed E-state index contributed by atoms with van der Waals surface area (Å²) in [5.74, 6) is 0.184. The molecule has 4 heteroatoms. The van der Waals surface area contributed by atoms with Gasteiger partial charge in [-0.3, -0.25) is 9.69 Å². The molecule has 1 aliphatic heterocycles. The fourth-order valence-electron chi connectivity index (χ4n) is 2.82. The van der Waals surface area contributed by atoms with E-state index in [-0.39, 0.29) is 5.91 Å². The van der Waals surface area contributed by atoms with Crippen LogP contribution in [0.15, 0.2) is 17.5 Å². The van der Waals surface area contributed by atoms with Crippen LogP contribution in [-0.4, -0.2) is 30.4 Å². The van der Waals surface area contributed by atoms with Crippen LogP contribution in [0.2, 0.25) is 0 Å². The maximum absolute atomic E-state index is 11.7. The van der Waals surface area contributed by atoms with E-state index in [1.165, 1.54) is 30.6 Å². The predicted octanol–water partition coefficient (Wildman–Crippen LogP) is 3.58. The molecule has 3 nitrogen and oxygen atoms in total. The van der Waals surface area contributed by atoms with Gasteiger partial charge in [-0.05, 0) is 43.8 Å². The van der Waals surface area contributed by atoms with Gasteiger partial charge in [-0.25, -0.2) is 0 Å². The zero-order valence-corrected chi connectivity index (χ0v) is 13.3. The zero-order valence-electron chi connectivity index (χ0n) is 12.4. The summed E-state index contributed by atoms with van der Waals surface area (Å²) in [6.45, 7) is 5.11. The van der Waals surface area contributed by atoms with Crippen LogP contribution in [-0.2, 0) is 4.79 Å². The highest BCUT2D eigenvalue weighted by Gasteiger charge is 2.22. The summed E-state index contributed by atoms with van der Waals surface area (Å²) in [4.78, 5) is 15.7. The quantitative estimate of drug-likeness (QED) is 0.869. The lowest BCUT2D eigenvalue weighted by Gasteiger charge is -2.30. The van der Waals surface area contributed by atoms with Crippen LogP contribution >= 0.6 is 11.3 Å². The highest BCUT2D eigenvalue weighted by atomic mass is 32.1. The lowest BCUT2D eigenvalue weighted by atomic mass is 10.2. The SMILES string of the molecule is CCCC(=O)NC[C@@H](c1cccs1)N1CCCCCC1. The van der Waals surface area contributed by atoms with Crippen molar-refractivity contribution in [3.05, 3.63) is 22.4 Å². The minimum absolute atomic E-state index is 0.184. The van der Waals surface area contributed by atoms with Crippen molar-refractivity contribution in [3.8, 4) is 0 Å². The maximum atomic E-state index is 11.7. The third-order valence-corrected chi connectivity index (χ3v) is 4.90. The number of nitrogens with one attached hydrogen (secondary N) is 1. The number of nitrogens with zero attached hydrogens (tertiary/aromatic N) is 1. The predicted molar refractivity (Wildman–Crippen MR) is 85.0 cm³/mol. The van der Waals surface area contributed by atoms with Crippen LogP contribution < -0.4 is 5.32 Å². The molecule has 1 aromatic rings. The molecular formula is C16H26N2OS. The molecule has 1 amide bonds. The smallest absolute Gasteiger partial charge is 0.220 e. The summed E-state index contributed by atoms with van der Waals surface area (Å²) in [6, 6.07) is 4.67. The van der Waals surface area contributed by atoms with Gasteiger partial charge in [0.25, 0.3) is 0 Å². The van der Waals surface area contributed by atoms with Crippen molar-refractivity contribution in [1.82, 2.24) is 10.2 Å². The third kappa shape index (κ3) is 4.60. The van der Waals surface area contributed by atoms with Gasteiger partial charge >= 0.3 is 0 Å². The molecule has 20 heavy (non-hydrogen) atoms. The molecule has 0 aromatic carbocycles. The molecule has 1 atom stereocenters. The number of thiophene rings is 1. The standard InChI is InChI=1S/C16H26N2OS/c1-2-8-16(19)17-13-14(15-9-7-12-20-15)18-10-5-3-4-6-11-18/h7,9,12,14H,2-6,8,10-11,13H2,1H3,(H,17,19)/t14-/m0/s1. The second kappa shape index (κ2) is 8.42. The number of carbonyl (C=O) groups excluding carboxylic acids is 1. The summed E-state index contributed by atoms with van der Waals surface area (Å²) < 4.78 is 0. The Morgan fingerprint density at radius 1 is 1.35 bits per heavy atom. The second-order valence-corrected chi connectivity index (χ2v) is 6.51. The molecule has 0 spiro atoms. The van der Waals surface area contributed by atoms with E-state index in [1.807, 2.05) is 6.92 Å². The van der Waals surface area contributed by atoms with E-state index >= 15 is 0 Å². The Balaban J connectivity index is 1.98. The number of rotatable bonds is 6. The highest BCUT2D eigenvalue weighted by Crippen LogP contribution is 2.27. The first-order valence-electron chi connectivity index (χ1n) is 7.85. The molecule has 1 aliphatic rings. The van der Waals surface area contributed by atoms with Crippen molar-refractivity contribution < 1.29 is 4.79 Å². The molecule has 112 valence electrons. The van der Waals surface area contributed by atoms with Crippen molar-refractivity contribution in [2.75, 3.05) is 19.6 Å². The molecule has 2 rings (SSSR count). The molecule has 0 aliphatic carbocycles. The molecule has 1 saturated heterocycles. The molecular weight excluding hydrogens is 268 g/mol. The molecule has 1 aromatic heterocycles. The Kier molecular flexibility index (Phi) is 6.54. The Labute approximate surface area is 126 Å². The van der Waals surface area contributed by atoms with Crippen molar-refractivity contribution >= 4 is 17.2 Å². The average molecular weight is 294 g/mol. The number of hydrogen-bond donors (Lipinski definition) is 1. The molecule has 0 saturated carbocycles. The Morgan fingerprint density at radius 3 is 2.70 bits per heavy atom. The molecule has 0 unspecified atom stereocenters. The molecule has 0 bridgehead atoms. The molecule has 0 radical (unpaired) electrons. The first-order valence-corrected chi connectivity index (χ1v) is 8.73. The van der Waals surface area contributed by atoms with E-state index < -0.39 is 0 Å². The number of likely N-dealkylation sites (tertiary alicyclic amines) is 1. The summed E-state index contributed by atoms with van der Waals surface area (Å²) in [5, 5.41) is 5.25. The Morgan fingerprint density at radius 2 is 2.10 bits per heavy atom. The van der Waals surface area contributed by atoms with Crippen LogP contribution in [0, 0.1) is 0 Å². The van der Waals surface area contributed by atoms with Crippen LogP contribution in [0.3, 0.4) is 0 Å². The van der Waals surface area contributed by atoms with E-state index in [4.69, 9.17) is 0 Å². The van der Waals surface area contributed by atoms with Crippen molar-refractivity contribution in [2.45, 2.75) is 51.5 Å². The maximum Gasteiger partial charge on any atom is 0.220 e. The normalized spacial score (nSPS) is 18.4. The molecule has 1 fully saturated rings. The first kappa shape index (κ1) is 15.5. The van der Waals surface area contributed by atoms with E-state index in [1.54, 1.807) is 11.3 Å². The number of carbonyl (C=O) groups is 1. The summed E-state index contributed by atoms with van der Waals surface area (Å²) in [7, 11) is 0. The van der Waals surface area contributed by atoms with Gasteiger partial charge in [-0.1, -0.05) is 25.8 Å². The van der Waals surface area contributed by atoms with Gasteiger partial charge in [0.05, 0.1) is 6.04 Å². The monoisotopic (exact) mass is 294 g/mol. The van der Waals surface area contributed by atoms with E-state index in [9.17, 15) is 4.79 Å². The van der Waals surface area contributed by atoms with E-state index in [2.05, 4.69) is 27.7 Å². The van der Waals surface area contributed by atoms with E-state index in [0.29, 0.717) is 12.5 Å². The van der Waals surface area contributed by atoms with Crippen LogP contribution in [0.25, 0.3) is 0 Å². The van der Waals surface area contributed by atoms with Gasteiger partial charge in [0, 0.05) is 17.8 Å². The minimum Gasteiger partial charge on any atom is -0.354 e. The Hall–Kier alpha value is -0.870. The molecule has 1 N–H and O–H groups in total. The van der Waals surface area contributed by atoms with Crippen LogP contribution in [0.1, 0.15) is 56.4 Å². The second-order valence-electron chi connectivity index (χ2n) is 5.54. The fourth-order valence-corrected chi connectivity index (χ4v) is 3.68. The van der Waals surface area contributed by atoms with Gasteiger partial charge in [-0.15, -0.1) is 11.3 Å². The van der Waals surface area contributed by atoms with Crippen molar-refractivity contribution in [2.24, 2.45) is 0 Å². The zero-order chi connectivity index (χ0) is 14.2. The highest BCUT2D eigenvalue weighted by molar-refractivity contribution is 7.10. The third-order valence-electron chi connectivity index (χ3n) is 3.92. The first-order chi connectivity index (χ1) is 9.81.